The molecule has 0 aliphatic carbocycles. The van der Waals surface area contributed by atoms with Crippen molar-refractivity contribution in [2.24, 2.45) is 0 Å². The van der Waals surface area contributed by atoms with Crippen molar-refractivity contribution in [3.8, 4) is 0 Å². The third-order valence-corrected chi connectivity index (χ3v) is 0.716. The Labute approximate surface area is 55.3 Å². The molecule has 2 heteroatoms. The van der Waals surface area contributed by atoms with Gasteiger partial charge in [0, 0.05) is 6.42 Å². The molecule has 1 radical (unpaired) electrons. The second-order valence-electron chi connectivity index (χ2n) is 1.52. The SMILES string of the molecule is C=CC[N]C(=O)CC=C. The topological polar surface area (TPSA) is 31.2 Å². The van der Waals surface area contributed by atoms with Crippen molar-refractivity contribution in [2.45, 2.75) is 6.42 Å². The maximum Gasteiger partial charge on any atom is 0.245 e. The Morgan fingerprint density at radius 1 is 1.44 bits per heavy atom. The van der Waals surface area contributed by atoms with E-state index in [4.69, 9.17) is 0 Å². The zero-order valence-electron chi connectivity index (χ0n) is 5.34. The van der Waals surface area contributed by atoms with E-state index in [-0.39, 0.29) is 5.91 Å². The summed E-state index contributed by atoms with van der Waals surface area (Å²) in [5.74, 6) is -0.134. The molecule has 0 heterocycles. The van der Waals surface area contributed by atoms with Crippen molar-refractivity contribution >= 4 is 5.91 Å². The number of amides is 1. The summed E-state index contributed by atoms with van der Waals surface area (Å²) in [7, 11) is 0. The maximum absolute atomic E-state index is 10.5. The average molecular weight is 124 g/mol. The Balaban J connectivity index is 3.26. The molecule has 0 saturated heterocycles. The number of nitrogens with zero attached hydrogens (tertiary/aromatic N) is 1. The van der Waals surface area contributed by atoms with E-state index in [1.165, 1.54) is 6.08 Å². The minimum atomic E-state index is -0.134. The lowest BCUT2D eigenvalue weighted by molar-refractivity contribution is -0.120. The van der Waals surface area contributed by atoms with Gasteiger partial charge in [0.1, 0.15) is 0 Å². The molecule has 2 nitrogen and oxygen atoms in total. The van der Waals surface area contributed by atoms with Crippen LogP contribution in [0.15, 0.2) is 25.3 Å². The molecule has 49 valence electrons. The molecule has 0 spiro atoms. The Hall–Kier alpha value is -1.05. The van der Waals surface area contributed by atoms with Crippen LogP contribution < -0.4 is 5.32 Å². The highest BCUT2D eigenvalue weighted by atomic mass is 16.1. The fourth-order valence-electron chi connectivity index (χ4n) is 0.354. The Morgan fingerprint density at radius 2 is 2.11 bits per heavy atom. The third kappa shape index (κ3) is 4.81. The lowest BCUT2D eigenvalue weighted by Crippen LogP contribution is -2.13. The van der Waals surface area contributed by atoms with Crippen LogP contribution in [0.1, 0.15) is 6.42 Å². The lowest BCUT2D eigenvalue weighted by Gasteiger charge is -1.91. The van der Waals surface area contributed by atoms with Gasteiger partial charge in [0.15, 0.2) is 0 Å². The van der Waals surface area contributed by atoms with Crippen LogP contribution in [0.25, 0.3) is 0 Å². The molecule has 9 heavy (non-hydrogen) atoms. The summed E-state index contributed by atoms with van der Waals surface area (Å²) >= 11 is 0. The van der Waals surface area contributed by atoms with Gasteiger partial charge in [0.25, 0.3) is 0 Å². The zero-order valence-corrected chi connectivity index (χ0v) is 5.34. The first-order chi connectivity index (χ1) is 4.31. The van der Waals surface area contributed by atoms with E-state index in [0.717, 1.165) is 0 Å². The number of carbonyl (C=O) groups is 1. The van der Waals surface area contributed by atoms with Gasteiger partial charge in [0.05, 0.1) is 6.54 Å². The molecular weight excluding hydrogens is 114 g/mol. The molecule has 0 aliphatic heterocycles. The van der Waals surface area contributed by atoms with Crippen molar-refractivity contribution in [1.82, 2.24) is 5.32 Å². The molecule has 0 aliphatic rings. The van der Waals surface area contributed by atoms with E-state index in [9.17, 15) is 4.79 Å². The monoisotopic (exact) mass is 124 g/mol. The van der Waals surface area contributed by atoms with Crippen molar-refractivity contribution in [1.29, 1.82) is 0 Å². The van der Waals surface area contributed by atoms with Gasteiger partial charge in [-0.15, -0.1) is 13.2 Å². The van der Waals surface area contributed by atoms with Gasteiger partial charge in [-0.05, 0) is 0 Å². The molecule has 0 rings (SSSR count). The first-order valence-electron chi connectivity index (χ1n) is 2.73. The third-order valence-electron chi connectivity index (χ3n) is 0.716. The molecule has 0 N–H and O–H groups in total. The van der Waals surface area contributed by atoms with Gasteiger partial charge in [-0.1, -0.05) is 12.2 Å². The van der Waals surface area contributed by atoms with E-state index < -0.39 is 0 Å². The van der Waals surface area contributed by atoms with Crippen LogP contribution in [0.4, 0.5) is 0 Å². The Bertz CT molecular complexity index is 118. The van der Waals surface area contributed by atoms with Crippen molar-refractivity contribution in [3.05, 3.63) is 25.3 Å². The maximum atomic E-state index is 10.5. The molecule has 0 aromatic heterocycles. The smallest absolute Gasteiger partial charge is 0.245 e. The summed E-state index contributed by atoms with van der Waals surface area (Å²) < 4.78 is 0. The summed E-state index contributed by atoms with van der Waals surface area (Å²) in [5.41, 5.74) is 0. The predicted molar refractivity (Wildman–Crippen MR) is 37.0 cm³/mol. The molecular formula is C7H10NO. The minimum absolute atomic E-state index is 0.134. The molecule has 1 amide bonds. The first kappa shape index (κ1) is 7.95. The minimum Gasteiger partial charge on any atom is -0.273 e. The van der Waals surface area contributed by atoms with Crippen molar-refractivity contribution < 1.29 is 4.79 Å². The van der Waals surface area contributed by atoms with E-state index in [1.807, 2.05) is 0 Å². The van der Waals surface area contributed by atoms with Crippen LogP contribution in [0.5, 0.6) is 0 Å². The van der Waals surface area contributed by atoms with Crippen LogP contribution in [0, 0.1) is 0 Å². The van der Waals surface area contributed by atoms with Crippen molar-refractivity contribution in [2.75, 3.05) is 6.54 Å². The zero-order chi connectivity index (χ0) is 7.11. The van der Waals surface area contributed by atoms with Gasteiger partial charge in [-0.25, -0.2) is 5.32 Å². The molecule has 0 aromatic carbocycles. The molecule has 0 unspecified atom stereocenters. The number of carbonyl (C=O) groups excluding carboxylic acids is 1. The van der Waals surface area contributed by atoms with Gasteiger partial charge in [0.2, 0.25) is 5.91 Å². The first-order valence-corrected chi connectivity index (χ1v) is 2.73. The van der Waals surface area contributed by atoms with Gasteiger partial charge < -0.3 is 0 Å². The summed E-state index contributed by atoms with van der Waals surface area (Å²) in [6.07, 6.45) is 3.45. The summed E-state index contributed by atoms with van der Waals surface area (Å²) in [4.78, 5) is 10.5. The van der Waals surface area contributed by atoms with Crippen molar-refractivity contribution in [3.63, 3.8) is 0 Å². The standard InChI is InChI=1S/C7H10NO/c1-3-5-7(9)8-6-4-2/h3-4H,1-2,5-6H2. The second-order valence-corrected chi connectivity index (χ2v) is 1.52. The Kier molecular flexibility index (Phi) is 4.50. The average Bonchev–Trinajstić information content (AvgIpc) is 1.85. The van der Waals surface area contributed by atoms with E-state index in [1.54, 1.807) is 6.08 Å². The highest BCUT2D eigenvalue weighted by molar-refractivity contribution is 5.77. The van der Waals surface area contributed by atoms with Crippen LogP contribution in [-0.4, -0.2) is 12.5 Å². The number of hydrogen-bond acceptors (Lipinski definition) is 1. The number of rotatable bonds is 4. The number of hydrogen-bond donors (Lipinski definition) is 0. The van der Waals surface area contributed by atoms with E-state index in [2.05, 4.69) is 18.5 Å². The van der Waals surface area contributed by atoms with E-state index in [0.29, 0.717) is 13.0 Å². The van der Waals surface area contributed by atoms with Gasteiger partial charge in [-0.3, -0.25) is 4.79 Å². The van der Waals surface area contributed by atoms with Crippen LogP contribution in [0.3, 0.4) is 0 Å². The molecule has 0 fully saturated rings. The predicted octanol–water partition coefficient (Wildman–Crippen LogP) is 0.880. The van der Waals surface area contributed by atoms with Crippen LogP contribution in [0.2, 0.25) is 0 Å². The summed E-state index contributed by atoms with van der Waals surface area (Å²) in [6.45, 7) is 7.23. The molecule has 0 aromatic rings. The van der Waals surface area contributed by atoms with Gasteiger partial charge >= 0.3 is 0 Å². The Morgan fingerprint density at radius 3 is 2.56 bits per heavy atom. The molecule has 0 bridgehead atoms. The normalized spacial score (nSPS) is 8.00. The highest BCUT2D eigenvalue weighted by Gasteiger charge is 1.94. The summed E-state index contributed by atoms with van der Waals surface area (Å²) in [5, 5.41) is 3.60. The molecule has 0 atom stereocenters. The fraction of sp³-hybridized carbons (Fsp3) is 0.286. The highest BCUT2D eigenvalue weighted by Crippen LogP contribution is 1.79. The fourth-order valence-corrected chi connectivity index (χ4v) is 0.354. The van der Waals surface area contributed by atoms with E-state index >= 15 is 0 Å². The lowest BCUT2D eigenvalue weighted by atomic mass is 10.4. The van der Waals surface area contributed by atoms with Crippen LogP contribution >= 0.6 is 0 Å². The second kappa shape index (κ2) is 5.09. The largest absolute Gasteiger partial charge is 0.273 e. The molecule has 0 saturated carbocycles. The summed E-state index contributed by atoms with van der Waals surface area (Å²) in [6, 6.07) is 0. The quantitative estimate of drug-likeness (QED) is 0.512. The van der Waals surface area contributed by atoms with Gasteiger partial charge in [-0.2, -0.15) is 0 Å². The van der Waals surface area contributed by atoms with Crippen LogP contribution in [-0.2, 0) is 4.79 Å².